The van der Waals surface area contributed by atoms with Crippen molar-refractivity contribution in [2.24, 2.45) is 0 Å². The van der Waals surface area contributed by atoms with Crippen LogP contribution < -0.4 is 0 Å². The van der Waals surface area contributed by atoms with Crippen LogP contribution in [-0.2, 0) is 6.42 Å². The van der Waals surface area contributed by atoms with E-state index in [0.717, 1.165) is 6.42 Å². The monoisotopic (exact) mass is 282 g/mol. The summed E-state index contributed by atoms with van der Waals surface area (Å²) >= 11 is 3.79. The van der Waals surface area contributed by atoms with Crippen LogP contribution in [0.1, 0.15) is 50.2 Å². The van der Waals surface area contributed by atoms with Crippen molar-refractivity contribution in [1.82, 2.24) is 0 Å². The molecular weight excluding hydrogens is 260 g/mol. The van der Waals surface area contributed by atoms with E-state index in [0.29, 0.717) is 4.83 Å². The molecule has 0 nitrogen and oxygen atoms in total. The van der Waals surface area contributed by atoms with Crippen molar-refractivity contribution in [1.29, 1.82) is 0 Å². The molecule has 0 aliphatic rings. The van der Waals surface area contributed by atoms with Crippen molar-refractivity contribution in [3.8, 4) is 0 Å². The first kappa shape index (κ1) is 13.8. The first-order valence-corrected chi connectivity index (χ1v) is 7.33. The second kappa shape index (κ2) is 7.89. The lowest BCUT2D eigenvalue weighted by Crippen LogP contribution is -2.02. The quantitative estimate of drug-likeness (QED) is 0.472. The molecular formula is C15H23Br. The predicted octanol–water partition coefficient (Wildman–Crippen LogP) is 5.27. The summed E-state index contributed by atoms with van der Waals surface area (Å²) in [6.45, 7) is 4.42. The van der Waals surface area contributed by atoms with E-state index in [-0.39, 0.29) is 0 Å². The minimum absolute atomic E-state index is 0.645. The standard InChI is InChI=1S/C15H23Br/c1-3-4-5-6-10-15(16)12-14-9-7-8-13(2)11-14/h7-9,11,15H,3-6,10,12H2,1-2H3. The van der Waals surface area contributed by atoms with E-state index < -0.39 is 0 Å². The fourth-order valence-electron chi connectivity index (χ4n) is 1.99. The molecule has 90 valence electrons. The number of halogens is 1. The molecule has 1 aromatic carbocycles. The first-order valence-electron chi connectivity index (χ1n) is 6.42. The molecule has 0 heterocycles. The van der Waals surface area contributed by atoms with Gasteiger partial charge in [-0.05, 0) is 25.3 Å². The lowest BCUT2D eigenvalue weighted by molar-refractivity contribution is 0.619. The average molecular weight is 283 g/mol. The van der Waals surface area contributed by atoms with Crippen LogP contribution in [0.2, 0.25) is 0 Å². The molecule has 1 heteroatoms. The van der Waals surface area contributed by atoms with Gasteiger partial charge in [0.15, 0.2) is 0 Å². The molecule has 0 saturated carbocycles. The van der Waals surface area contributed by atoms with Gasteiger partial charge in [0.25, 0.3) is 0 Å². The van der Waals surface area contributed by atoms with Crippen molar-refractivity contribution in [2.45, 2.75) is 57.2 Å². The zero-order valence-electron chi connectivity index (χ0n) is 10.5. The highest BCUT2D eigenvalue weighted by atomic mass is 79.9. The van der Waals surface area contributed by atoms with Gasteiger partial charge in [0.1, 0.15) is 0 Å². The molecule has 0 amide bonds. The van der Waals surface area contributed by atoms with Crippen LogP contribution in [0.4, 0.5) is 0 Å². The van der Waals surface area contributed by atoms with Gasteiger partial charge in [-0.2, -0.15) is 0 Å². The van der Waals surface area contributed by atoms with Crippen LogP contribution >= 0.6 is 15.9 Å². The summed E-state index contributed by atoms with van der Waals surface area (Å²) in [5, 5.41) is 0. The fourth-order valence-corrected chi connectivity index (χ4v) is 2.69. The lowest BCUT2D eigenvalue weighted by atomic mass is 10.0. The summed E-state index contributed by atoms with van der Waals surface area (Å²) in [6, 6.07) is 8.84. The Labute approximate surface area is 109 Å². The molecule has 0 bridgehead atoms. The number of aryl methyl sites for hydroxylation is 1. The summed E-state index contributed by atoms with van der Waals surface area (Å²) in [5.74, 6) is 0. The number of unbranched alkanes of at least 4 members (excludes halogenated alkanes) is 3. The highest BCUT2D eigenvalue weighted by Gasteiger charge is 2.05. The number of rotatable bonds is 7. The SMILES string of the molecule is CCCCCCC(Br)Cc1cccc(C)c1. The smallest absolute Gasteiger partial charge is 0.0186 e. The molecule has 0 spiro atoms. The minimum atomic E-state index is 0.645. The minimum Gasteiger partial charge on any atom is -0.0887 e. The Morgan fingerprint density at radius 3 is 2.69 bits per heavy atom. The van der Waals surface area contributed by atoms with Gasteiger partial charge in [0, 0.05) is 4.83 Å². The Morgan fingerprint density at radius 2 is 2.00 bits per heavy atom. The van der Waals surface area contributed by atoms with Crippen LogP contribution in [0.5, 0.6) is 0 Å². The van der Waals surface area contributed by atoms with Crippen molar-refractivity contribution in [2.75, 3.05) is 0 Å². The molecule has 0 saturated heterocycles. The molecule has 0 N–H and O–H groups in total. The number of benzene rings is 1. The van der Waals surface area contributed by atoms with Gasteiger partial charge in [-0.25, -0.2) is 0 Å². The van der Waals surface area contributed by atoms with Gasteiger partial charge < -0.3 is 0 Å². The first-order chi connectivity index (χ1) is 7.72. The van der Waals surface area contributed by atoms with Gasteiger partial charge in [0.2, 0.25) is 0 Å². The van der Waals surface area contributed by atoms with Crippen molar-refractivity contribution < 1.29 is 0 Å². The Bertz CT molecular complexity index is 293. The van der Waals surface area contributed by atoms with Crippen LogP contribution in [0, 0.1) is 6.92 Å². The molecule has 0 fully saturated rings. The Kier molecular flexibility index (Phi) is 6.79. The zero-order chi connectivity index (χ0) is 11.8. The maximum absolute atomic E-state index is 3.79. The summed E-state index contributed by atoms with van der Waals surface area (Å²) in [6.07, 6.45) is 7.90. The van der Waals surface area contributed by atoms with E-state index in [2.05, 4.69) is 54.0 Å². The zero-order valence-corrected chi connectivity index (χ0v) is 12.1. The number of hydrogen-bond acceptors (Lipinski definition) is 0. The van der Waals surface area contributed by atoms with Gasteiger partial charge in [0.05, 0.1) is 0 Å². The highest BCUT2D eigenvalue weighted by Crippen LogP contribution is 2.17. The van der Waals surface area contributed by atoms with Crippen molar-refractivity contribution >= 4 is 15.9 Å². The third kappa shape index (κ3) is 5.69. The average Bonchev–Trinajstić information content (AvgIpc) is 2.24. The Hall–Kier alpha value is -0.300. The Morgan fingerprint density at radius 1 is 1.19 bits per heavy atom. The van der Waals surface area contributed by atoms with E-state index in [1.807, 2.05) is 0 Å². The predicted molar refractivity (Wildman–Crippen MR) is 76.4 cm³/mol. The highest BCUT2D eigenvalue weighted by molar-refractivity contribution is 9.09. The molecule has 1 rings (SSSR count). The molecule has 0 radical (unpaired) electrons. The van der Waals surface area contributed by atoms with E-state index in [1.54, 1.807) is 0 Å². The van der Waals surface area contributed by atoms with Crippen molar-refractivity contribution in [3.63, 3.8) is 0 Å². The molecule has 0 aromatic heterocycles. The van der Waals surface area contributed by atoms with Crippen LogP contribution in [0.25, 0.3) is 0 Å². The van der Waals surface area contributed by atoms with Gasteiger partial charge in [-0.3, -0.25) is 0 Å². The lowest BCUT2D eigenvalue weighted by Gasteiger charge is -2.10. The molecule has 0 aliphatic heterocycles. The van der Waals surface area contributed by atoms with Gasteiger partial charge >= 0.3 is 0 Å². The Balaban J connectivity index is 2.25. The summed E-state index contributed by atoms with van der Waals surface area (Å²) in [7, 11) is 0. The second-order valence-corrected chi connectivity index (χ2v) is 5.93. The fraction of sp³-hybridized carbons (Fsp3) is 0.600. The maximum Gasteiger partial charge on any atom is 0.0186 e. The number of hydrogen-bond donors (Lipinski definition) is 0. The van der Waals surface area contributed by atoms with Gasteiger partial charge in [-0.15, -0.1) is 0 Å². The third-order valence-corrected chi connectivity index (χ3v) is 3.69. The largest absolute Gasteiger partial charge is 0.0887 e. The van der Waals surface area contributed by atoms with Crippen molar-refractivity contribution in [3.05, 3.63) is 35.4 Å². The summed E-state index contributed by atoms with van der Waals surface area (Å²) in [5.41, 5.74) is 2.82. The summed E-state index contributed by atoms with van der Waals surface area (Å²) < 4.78 is 0. The molecule has 0 aliphatic carbocycles. The van der Waals surface area contributed by atoms with E-state index in [9.17, 15) is 0 Å². The molecule has 1 unspecified atom stereocenters. The topological polar surface area (TPSA) is 0 Å². The maximum atomic E-state index is 3.79. The van der Waals surface area contributed by atoms with Crippen LogP contribution in [-0.4, -0.2) is 4.83 Å². The molecule has 1 atom stereocenters. The van der Waals surface area contributed by atoms with Crippen LogP contribution in [0.15, 0.2) is 24.3 Å². The van der Waals surface area contributed by atoms with E-state index in [4.69, 9.17) is 0 Å². The van der Waals surface area contributed by atoms with E-state index >= 15 is 0 Å². The second-order valence-electron chi connectivity index (χ2n) is 4.64. The third-order valence-electron chi connectivity index (χ3n) is 2.91. The molecule has 16 heavy (non-hydrogen) atoms. The number of alkyl halides is 1. The van der Waals surface area contributed by atoms with Crippen LogP contribution in [0.3, 0.4) is 0 Å². The van der Waals surface area contributed by atoms with Gasteiger partial charge in [-0.1, -0.05) is 78.4 Å². The normalized spacial score (nSPS) is 12.7. The van der Waals surface area contributed by atoms with E-state index in [1.165, 1.54) is 43.2 Å². The molecule has 1 aromatic rings. The summed E-state index contributed by atoms with van der Waals surface area (Å²) in [4.78, 5) is 0.645.